The molecule has 3 N–H and O–H groups in total. The fourth-order valence-electron chi connectivity index (χ4n) is 8.68. The van der Waals surface area contributed by atoms with Crippen molar-refractivity contribution in [3.63, 3.8) is 0 Å². The lowest BCUT2D eigenvalue weighted by atomic mass is 9.43. The van der Waals surface area contributed by atoms with Crippen molar-refractivity contribution < 1.29 is 9.52 Å². The van der Waals surface area contributed by atoms with E-state index in [0.29, 0.717) is 23.2 Å². The van der Waals surface area contributed by atoms with Gasteiger partial charge >= 0.3 is 0 Å². The van der Waals surface area contributed by atoms with Crippen molar-refractivity contribution in [1.29, 1.82) is 0 Å². The molecule has 4 heteroatoms. The molecule has 0 radical (unpaired) electrons. The van der Waals surface area contributed by atoms with Crippen LogP contribution in [0, 0.1) is 28.6 Å². The second-order valence-corrected chi connectivity index (χ2v) is 12.8. The molecule has 4 aliphatic rings. The number of hydrogen-bond acceptors (Lipinski definition) is 4. The van der Waals surface area contributed by atoms with E-state index < -0.39 is 5.60 Å². The van der Waals surface area contributed by atoms with E-state index in [0.717, 1.165) is 43.4 Å². The Balaban J connectivity index is 1.35. The Morgan fingerprint density at radius 3 is 2.73 bits per heavy atom. The Hall–Kier alpha value is -0.450. The van der Waals surface area contributed by atoms with Crippen LogP contribution < -0.4 is 5.73 Å². The lowest BCUT2D eigenvalue weighted by Gasteiger charge is -2.63. The van der Waals surface area contributed by atoms with Crippen molar-refractivity contribution in [2.75, 3.05) is 12.3 Å². The molecule has 30 heavy (non-hydrogen) atoms. The number of aliphatic hydroxyl groups is 1. The van der Waals surface area contributed by atoms with Crippen LogP contribution in [0.1, 0.15) is 89.5 Å². The van der Waals surface area contributed by atoms with Gasteiger partial charge in [0.1, 0.15) is 0 Å². The highest BCUT2D eigenvalue weighted by molar-refractivity contribution is 7.99. The largest absolute Gasteiger partial charge is 0.472 e. The molecule has 8 atom stereocenters. The highest BCUT2D eigenvalue weighted by Crippen LogP contribution is 2.70. The third kappa shape index (κ3) is 3.07. The topological polar surface area (TPSA) is 59.4 Å². The lowest BCUT2D eigenvalue weighted by Crippen LogP contribution is -2.61. The lowest BCUT2D eigenvalue weighted by molar-refractivity contribution is -0.200. The molecule has 0 aliphatic heterocycles. The van der Waals surface area contributed by atoms with E-state index in [2.05, 4.69) is 31.7 Å². The molecule has 0 saturated heterocycles. The molecule has 0 unspecified atom stereocenters. The molecular weight excluding hydrogens is 390 g/mol. The van der Waals surface area contributed by atoms with Gasteiger partial charge in [-0.2, -0.15) is 11.8 Å². The fourth-order valence-corrected chi connectivity index (χ4v) is 10.00. The summed E-state index contributed by atoms with van der Waals surface area (Å²) in [5, 5.41) is 13.1. The Morgan fingerprint density at radius 1 is 1.10 bits per heavy atom. The highest BCUT2D eigenvalue weighted by atomic mass is 32.2. The second-order valence-electron chi connectivity index (χ2n) is 11.4. The molecular formula is C26H41NO2S. The quantitative estimate of drug-likeness (QED) is 0.564. The molecule has 0 aromatic carbocycles. The Kier molecular flexibility index (Phi) is 5.60. The van der Waals surface area contributed by atoms with Crippen LogP contribution in [-0.2, 0) is 0 Å². The molecule has 0 amide bonds. The van der Waals surface area contributed by atoms with Crippen LogP contribution in [0.4, 0.5) is 0 Å². The molecule has 1 heterocycles. The minimum absolute atomic E-state index is 0.00346. The van der Waals surface area contributed by atoms with Gasteiger partial charge in [-0.3, -0.25) is 0 Å². The van der Waals surface area contributed by atoms with Crippen LogP contribution >= 0.6 is 11.8 Å². The zero-order valence-electron chi connectivity index (χ0n) is 18.9. The van der Waals surface area contributed by atoms with Crippen LogP contribution in [0.3, 0.4) is 0 Å². The van der Waals surface area contributed by atoms with Crippen molar-refractivity contribution >= 4 is 11.8 Å². The van der Waals surface area contributed by atoms with Crippen LogP contribution in [0.25, 0.3) is 0 Å². The van der Waals surface area contributed by atoms with Gasteiger partial charge < -0.3 is 15.3 Å². The van der Waals surface area contributed by atoms with E-state index in [4.69, 9.17) is 10.2 Å². The van der Waals surface area contributed by atoms with Gasteiger partial charge in [0, 0.05) is 10.7 Å². The summed E-state index contributed by atoms with van der Waals surface area (Å²) in [7, 11) is 0. The number of fused-ring (bicyclic) bond motifs is 5. The zero-order chi connectivity index (χ0) is 21.0. The summed E-state index contributed by atoms with van der Waals surface area (Å²) in [6, 6.07) is 2.13. The summed E-state index contributed by atoms with van der Waals surface area (Å²) in [5.41, 5.74) is 6.94. The second kappa shape index (κ2) is 7.85. The number of rotatable bonds is 5. The van der Waals surface area contributed by atoms with Crippen molar-refractivity contribution in [3.05, 3.63) is 24.2 Å². The molecule has 4 fully saturated rings. The van der Waals surface area contributed by atoms with E-state index in [1.807, 2.05) is 6.26 Å². The summed E-state index contributed by atoms with van der Waals surface area (Å²) in [6.07, 6.45) is 16.1. The predicted molar refractivity (Wildman–Crippen MR) is 125 cm³/mol. The highest BCUT2D eigenvalue weighted by Gasteiger charge is 2.67. The Morgan fingerprint density at radius 2 is 1.97 bits per heavy atom. The van der Waals surface area contributed by atoms with Gasteiger partial charge in [0.05, 0.1) is 18.1 Å². The van der Waals surface area contributed by atoms with Gasteiger partial charge in [-0.05, 0) is 117 Å². The maximum atomic E-state index is 12.3. The summed E-state index contributed by atoms with van der Waals surface area (Å²) in [5.74, 6) is 3.71. The van der Waals surface area contributed by atoms with Gasteiger partial charge in [0.15, 0.2) is 0 Å². The minimum Gasteiger partial charge on any atom is -0.472 e. The number of hydrogen-bond donors (Lipinski definition) is 2. The number of furan rings is 1. The third-order valence-corrected chi connectivity index (χ3v) is 11.9. The molecule has 1 aromatic heterocycles. The minimum atomic E-state index is -0.501. The molecule has 1 aromatic rings. The standard InChI is InChI=1S/C26H41NO2S/c1-24-10-6-20(30-15-3-13-27)16-19(24)4-5-23-22(24)7-11-25(2)21(8-12-26(23,25)28)18-9-14-29-17-18/h9,14,17,19-23,28H,3-8,10-13,15-16,27H2,1-2H3/t19-,20-,21+,22-,23+,24-,25+,26-/m0/s1. The molecule has 0 spiro atoms. The summed E-state index contributed by atoms with van der Waals surface area (Å²) in [4.78, 5) is 0. The molecule has 3 nitrogen and oxygen atoms in total. The first-order valence-electron chi connectivity index (χ1n) is 12.5. The number of nitrogens with two attached hydrogens (primary N) is 1. The van der Waals surface area contributed by atoms with Crippen molar-refractivity contribution in [2.24, 2.45) is 34.3 Å². The first-order chi connectivity index (χ1) is 14.4. The SMILES string of the molecule is C[C@]12CC[C@H](SCCCN)C[C@@H]1CC[C@@H]1[C@@H]2CC[C@]2(C)[C@@H](c3ccoc3)CC[C@]12O. The average molecular weight is 432 g/mol. The van der Waals surface area contributed by atoms with Gasteiger partial charge in [-0.15, -0.1) is 0 Å². The van der Waals surface area contributed by atoms with E-state index in [9.17, 15) is 5.11 Å². The molecule has 4 saturated carbocycles. The number of thioether (sulfide) groups is 1. The first kappa shape index (κ1) is 21.4. The van der Waals surface area contributed by atoms with Crippen LogP contribution in [0.15, 0.2) is 23.0 Å². The normalized spacial score (nSPS) is 48.1. The van der Waals surface area contributed by atoms with E-state index in [1.54, 1.807) is 6.26 Å². The van der Waals surface area contributed by atoms with E-state index in [-0.39, 0.29) is 5.41 Å². The molecule has 168 valence electrons. The van der Waals surface area contributed by atoms with Gasteiger partial charge in [-0.25, -0.2) is 0 Å². The van der Waals surface area contributed by atoms with Gasteiger partial charge in [0.25, 0.3) is 0 Å². The first-order valence-corrected chi connectivity index (χ1v) is 13.5. The van der Waals surface area contributed by atoms with E-state index in [1.165, 1.54) is 49.8 Å². The van der Waals surface area contributed by atoms with Gasteiger partial charge in [0.2, 0.25) is 0 Å². The maximum absolute atomic E-state index is 12.3. The summed E-state index contributed by atoms with van der Waals surface area (Å²) >= 11 is 2.18. The zero-order valence-corrected chi connectivity index (χ0v) is 19.8. The van der Waals surface area contributed by atoms with Crippen molar-refractivity contribution in [2.45, 2.75) is 94.8 Å². The molecule has 4 aliphatic carbocycles. The van der Waals surface area contributed by atoms with Crippen LogP contribution in [0.5, 0.6) is 0 Å². The maximum Gasteiger partial charge on any atom is 0.0937 e. The monoisotopic (exact) mass is 431 g/mol. The van der Waals surface area contributed by atoms with Crippen molar-refractivity contribution in [1.82, 2.24) is 0 Å². The summed E-state index contributed by atoms with van der Waals surface area (Å²) in [6.45, 7) is 5.82. The smallest absolute Gasteiger partial charge is 0.0937 e. The molecule has 5 rings (SSSR count). The summed E-state index contributed by atoms with van der Waals surface area (Å²) < 4.78 is 5.43. The third-order valence-electron chi connectivity index (χ3n) is 10.5. The van der Waals surface area contributed by atoms with Gasteiger partial charge in [-0.1, -0.05) is 13.8 Å². The van der Waals surface area contributed by atoms with Crippen LogP contribution in [0.2, 0.25) is 0 Å². The Bertz CT molecular complexity index is 737. The molecule has 0 bridgehead atoms. The van der Waals surface area contributed by atoms with E-state index >= 15 is 0 Å². The van der Waals surface area contributed by atoms with Crippen LogP contribution in [-0.4, -0.2) is 28.3 Å². The Labute approximate surface area is 186 Å². The van der Waals surface area contributed by atoms with Crippen molar-refractivity contribution in [3.8, 4) is 0 Å². The fraction of sp³-hybridized carbons (Fsp3) is 0.846. The average Bonchev–Trinajstić information content (AvgIpc) is 3.34. The predicted octanol–water partition coefficient (Wildman–Crippen LogP) is 5.97.